The van der Waals surface area contributed by atoms with E-state index >= 15 is 0 Å². The number of carbonyl (C=O) groups is 2. The van der Waals surface area contributed by atoms with Gasteiger partial charge < -0.3 is 20.2 Å². The lowest BCUT2D eigenvalue weighted by atomic mass is 10.3. The second kappa shape index (κ2) is 6.38. The van der Waals surface area contributed by atoms with Gasteiger partial charge in [0.1, 0.15) is 0 Å². The molecular weight excluding hydrogens is 286 g/mol. The molecule has 0 saturated carbocycles. The molecule has 1 aromatic heterocycles. The number of rotatable bonds is 2. The minimum Gasteiger partial charge on any atom is -0.465 e. The van der Waals surface area contributed by atoms with E-state index in [1.165, 1.54) is 17.3 Å². The lowest BCUT2D eigenvalue weighted by Crippen LogP contribution is -2.52. The van der Waals surface area contributed by atoms with Crippen molar-refractivity contribution in [2.75, 3.05) is 26.2 Å². The van der Waals surface area contributed by atoms with Crippen LogP contribution in [-0.4, -0.2) is 63.2 Å². The smallest absolute Gasteiger partial charge is 0.407 e. The van der Waals surface area contributed by atoms with E-state index < -0.39 is 6.09 Å². The number of amides is 3. The average Bonchev–Trinajstić information content (AvgIpc) is 2.46. The second-order valence-corrected chi connectivity index (χ2v) is 4.57. The summed E-state index contributed by atoms with van der Waals surface area (Å²) in [5, 5.41) is 11.8. The summed E-state index contributed by atoms with van der Waals surface area (Å²) in [5.74, 6) is 0. The first-order valence-corrected chi connectivity index (χ1v) is 6.41. The second-order valence-electron chi connectivity index (χ2n) is 4.21. The van der Waals surface area contributed by atoms with Gasteiger partial charge in [0.05, 0.1) is 12.2 Å². The van der Waals surface area contributed by atoms with Gasteiger partial charge in [-0.15, -0.1) is 0 Å². The van der Waals surface area contributed by atoms with Crippen LogP contribution in [0.2, 0.25) is 5.15 Å². The first-order chi connectivity index (χ1) is 9.58. The summed E-state index contributed by atoms with van der Waals surface area (Å²) in [7, 11) is 0. The summed E-state index contributed by atoms with van der Waals surface area (Å²) in [5.41, 5.74) is 0.492. The highest BCUT2D eigenvalue weighted by Crippen LogP contribution is 2.08. The van der Waals surface area contributed by atoms with Crippen molar-refractivity contribution in [2.45, 2.75) is 6.54 Å². The molecule has 0 atom stereocenters. The van der Waals surface area contributed by atoms with Crippen LogP contribution in [0.3, 0.4) is 0 Å². The van der Waals surface area contributed by atoms with Gasteiger partial charge in [0.2, 0.25) is 0 Å². The molecule has 2 rings (SSSR count). The molecule has 0 spiro atoms. The van der Waals surface area contributed by atoms with E-state index in [1.807, 2.05) is 0 Å². The molecule has 1 saturated heterocycles. The Balaban J connectivity index is 1.82. The van der Waals surface area contributed by atoms with E-state index in [-0.39, 0.29) is 17.7 Å². The molecule has 1 aliphatic heterocycles. The monoisotopic (exact) mass is 299 g/mol. The number of urea groups is 1. The quantitative estimate of drug-likeness (QED) is 0.835. The minimum absolute atomic E-state index is 0.185. The summed E-state index contributed by atoms with van der Waals surface area (Å²) < 4.78 is 0. The number of carboxylic acid groups (broad SMARTS) is 1. The molecule has 2 heterocycles. The van der Waals surface area contributed by atoms with E-state index in [0.29, 0.717) is 31.9 Å². The van der Waals surface area contributed by atoms with Gasteiger partial charge in [-0.1, -0.05) is 11.6 Å². The maximum absolute atomic E-state index is 11.9. The van der Waals surface area contributed by atoms with E-state index in [0.717, 1.165) is 0 Å². The molecule has 1 aliphatic rings. The van der Waals surface area contributed by atoms with Crippen molar-refractivity contribution < 1.29 is 14.7 Å². The van der Waals surface area contributed by atoms with Gasteiger partial charge in [-0.3, -0.25) is 4.98 Å². The SMILES string of the molecule is O=C(O)N1CCN(C(=O)NCc2nccnc2Cl)CC1. The standard InChI is InChI=1S/C11H14ClN5O3/c12-9-8(13-1-2-14-9)7-15-10(18)16-3-5-17(6-4-16)11(19)20/h1-2H,3-7H2,(H,15,18)(H,19,20). The summed E-state index contributed by atoms with van der Waals surface area (Å²) in [6, 6.07) is -0.267. The van der Waals surface area contributed by atoms with Crippen LogP contribution in [0, 0.1) is 0 Å². The van der Waals surface area contributed by atoms with Gasteiger partial charge >= 0.3 is 12.1 Å². The van der Waals surface area contributed by atoms with Crippen LogP contribution in [0.4, 0.5) is 9.59 Å². The predicted octanol–water partition coefficient (Wildman–Crippen LogP) is 0.635. The lowest BCUT2D eigenvalue weighted by molar-refractivity contribution is 0.112. The number of nitrogens with one attached hydrogen (secondary N) is 1. The van der Waals surface area contributed by atoms with E-state index in [1.54, 1.807) is 4.90 Å². The third-order valence-corrected chi connectivity index (χ3v) is 3.28. The van der Waals surface area contributed by atoms with Crippen molar-refractivity contribution in [3.05, 3.63) is 23.2 Å². The summed E-state index contributed by atoms with van der Waals surface area (Å²) in [6.07, 6.45) is 2.01. The fourth-order valence-electron chi connectivity index (χ4n) is 1.84. The number of halogens is 1. The van der Waals surface area contributed by atoms with E-state index in [2.05, 4.69) is 15.3 Å². The van der Waals surface area contributed by atoms with Gasteiger partial charge in [0, 0.05) is 38.6 Å². The zero-order valence-corrected chi connectivity index (χ0v) is 11.4. The number of piperazine rings is 1. The number of hydrogen-bond acceptors (Lipinski definition) is 4. The molecule has 0 unspecified atom stereocenters. The Labute approximate surface area is 120 Å². The zero-order chi connectivity index (χ0) is 14.5. The largest absolute Gasteiger partial charge is 0.465 e. The molecule has 0 radical (unpaired) electrons. The summed E-state index contributed by atoms with van der Waals surface area (Å²) in [4.78, 5) is 33.4. The van der Waals surface area contributed by atoms with Crippen molar-refractivity contribution >= 4 is 23.7 Å². The van der Waals surface area contributed by atoms with Crippen molar-refractivity contribution in [1.29, 1.82) is 0 Å². The van der Waals surface area contributed by atoms with Crippen LogP contribution < -0.4 is 5.32 Å². The molecule has 0 aromatic carbocycles. The third-order valence-electron chi connectivity index (χ3n) is 2.97. The Morgan fingerprint density at radius 1 is 1.20 bits per heavy atom. The Morgan fingerprint density at radius 2 is 1.80 bits per heavy atom. The highest BCUT2D eigenvalue weighted by atomic mass is 35.5. The molecule has 20 heavy (non-hydrogen) atoms. The zero-order valence-electron chi connectivity index (χ0n) is 10.6. The van der Waals surface area contributed by atoms with Crippen LogP contribution in [0.5, 0.6) is 0 Å². The normalized spacial score (nSPS) is 15.1. The maximum atomic E-state index is 11.9. The number of carbonyl (C=O) groups excluding carboxylic acids is 1. The summed E-state index contributed by atoms with van der Waals surface area (Å²) >= 11 is 5.84. The maximum Gasteiger partial charge on any atom is 0.407 e. The number of hydrogen-bond donors (Lipinski definition) is 2. The molecule has 108 valence electrons. The van der Waals surface area contributed by atoms with Crippen molar-refractivity contribution in [1.82, 2.24) is 25.1 Å². The number of aromatic nitrogens is 2. The van der Waals surface area contributed by atoms with Gasteiger partial charge in [-0.05, 0) is 0 Å². The highest BCUT2D eigenvalue weighted by Gasteiger charge is 2.23. The topological polar surface area (TPSA) is 98.7 Å². The molecule has 0 bridgehead atoms. The number of nitrogens with zero attached hydrogens (tertiary/aromatic N) is 4. The van der Waals surface area contributed by atoms with Crippen molar-refractivity contribution in [2.24, 2.45) is 0 Å². The Bertz CT molecular complexity index is 505. The fourth-order valence-corrected chi connectivity index (χ4v) is 2.01. The predicted molar refractivity (Wildman–Crippen MR) is 70.4 cm³/mol. The molecule has 1 aromatic rings. The molecular formula is C11H14ClN5O3. The molecule has 1 fully saturated rings. The van der Waals surface area contributed by atoms with Crippen molar-refractivity contribution in [3.8, 4) is 0 Å². The fraction of sp³-hybridized carbons (Fsp3) is 0.455. The van der Waals surface area contributed by atoms with Crippen LogP contribution >= 0.6 is 11.6 Å². The Kier molecular flexibility index (Phi) is 4.57. The summed E-state index contributed by atoms with van der Waals surface area (Å²) in [6.45, 7) is 1.55. The van der Waals surface area contributed by atoms with Gasteiger partial charge in [0.25, 0.3) is 0 Å². The average molecular weight is 300 g/mol. The van der Waals surface area contributed by atoms with Crippen LogP contribution in [0.25, 0.3) is 0 Å². The lowest BCUT2D eigenvalue weighted by Gasteiger charge is -2.33. The first-order valence-electron chi connectivity index (χ1n) is 6.04. The van der Waals surface area contributed by atoms with Crippen molar-refractivity contribution in [3.63, 3.8) is 0 Å². The third kappa shape index (κ3) is 3.47. The molecule has 9 heteroatoms. The highest BCUT2D eigenvalue weighted by molar-refractivity contribution is 6.29. The van der Waals surface area contributed by atoms with Gasteiger partial charge in [-0.25, -0.2) is 14.6 Å². The van der Waals surface area contributed by atoms with Gasteiger partial charge in [0.15, 0.2) is 5.15 Å². The van der Waals surface area contributed by atoms with Crippen LogP contribution in [-0.2, 0) is 6.54 Å². The molecule has 3 amide bonds. The van der Waals surface area contributed by atoms with Crippen LogP contribution in [0.15, 0.2) is 12.4 Å². The molecule has 2 N–H and O–H groups in total. The molecule has 0 aliphatic carbocycles. The van der Waals surface area contributed by atoms with Gasteiger partial charge in [-0.2, -0.15) is 0 Å². The Morgan fingerprint density at radius 3 is 2.40 bits per heavy atom. The Hall–Kier alpha value is -2.09. The van der Waals surface area contributed by atoms with Crippen LogP contribution in [0.1, 0.15) is 5.69 Å². The van der Waals surface area contributed by atoms with E-state index in [9.17, 15) is 9.59 Å². The van der Waals surface area contributed by atoms with E-state index in [4.69, 9.17) is 16.7 Å². The molecule has 8 nitrogen and oxygen atoms in total. The first kappa shape index (κ1) is 14.3. The minimum atomic E-state index is -0.962.